The summed E-state index contributed by atoms with van der Waals surface area (Å²) in [5.74, 6) is 0. The van der Waals surface area contributed by atoms with E-state index in [1.165, 1.54) is 58.2 Å². The molecule has 122 valence electrons. The van der Waals surface area contributed by atoms with Crippen molar-refractivity contribution in [2.24, 2.45) is 5.73 Å². The third-order valence-electron chi connectivity index (χ3n) is 6.90. The van der Waals surface area contributed by atoms with Crippen molar-refractivity contribution in [1.82, 2.24) is 14.7 Å². The third-order valence-corrected chi connectivity index (χ3v) is 6.90. The number of piperidine rings is 2. The van der Waals surface area contributed by atoms with Crippen LogP contribution in [0.5, 0.6) is 0 Å². The quantitative estimate of drug-likeness (QED) is 0.849. The molecule has 3 saturated heterocycles. The Kier molecular flexibility index (Phi) is 4.60. The van der Waals surface area contributed by atoms with E-state index >= 15 is 0 Å². The van der Waals surface area contributed by atoms with Gasteiger partial charge in [-0.05, 0) is 72.3 Å². The van der Waals surface area contributed by atoms with E-state index in [4.69, 9.17) is 5.73 Å². The fraction of sp³-hybridized carbons (Fsp3) is 1.00. The van der Waals surface area contributed by atoms with Gasteiger partial charge in [0.2, 0.25) is 0 Å². The van der Waals surface area contributed by atoms with Gasteiger partial charge in [0.25, 0.3) is 0 Å². The van der Waals surface area contributed by atoms with Crippen LogP contribution in [0, 0.1) is 0 Å². The van der Waals surface area contributed by atoms with E-state index in [9.17, 15) is 0 Å². The van der Waals surface area contributed by atoms with Gasteiger partial charge in [0.05, 0.1) is 0 Å². The van der Waals surface area contributed by atoms with Crippen LogP contribution in [0.3, 0.4) is 0 Å². The summed E-state index contributed by atoms with van der Waals surface area (Å²) in [5, 5.41) is 0. The average Bonchev–Trinajstić information content (AvgIpc) is 2.76. The average molecular weight is 294 g/mol. The van der Waals surface area contributed by atoms with Crippen LogP contribution in [0.4, 0.5) is 0 Å². The van der Waals surface area contributed by atoms with E-state index in [0.29, 0.717) is 0 Å². The first-order valence-electron chi connectivity index (χ1n) is 8.97. The first-order valence-corrected chi connectivity index (χ1v) is 8.97. The summed E-state index contributed by atoms with van der Waals surface area (Å²) in [6.07, 6.45) is 7.95. The monoisotopic (exact) mass is 294 g/mol. The molecule has 0 spiro atoms. The van der Waals surface area contributed by atoms with Gasteiger partial charge in [-0.3, -0.25) is 4.90 Å². The van der Waals surface area contributed by atoms with Crippen LogP contribution >= 0.6 is 0 Å². The highest BCUT2D eigenvalue weighted by Crippen LogP contribution is 2.43. The van der Waals surface area contributed by atoms with Crippen molar-refractivity contribution in [3.05, 3.63) is 0 Å². The van der Waals surface area contributed by atoms with Crippen LogP contribution in [0.2, 0.25) is 0 Å². The smallest absolute Gasteiger partial charge is 0.0361 e. The minimum absolute atomic E-state index is 0.261. The molecule has 0 saturated carbocycles. The van der Waals surface area contributed by atoms with Crippen molar-refractivity contribution in [2.75, 3.05) is 40.3 Å². The Morgan fingerprint density at radius 2 is 1.67 bits per heavy atom. The van der Waals surface area contributed by atoms with Crippen molar-refractivity contribution < 1.29 is 0 Å². The topological polar surface area (TPSA) is 35.7 Å². The number of hydrogen-bond acceptors (Lipinski definition) is 4. The highest BCUT2D eigenvalue weighted by molar-refractivity contribution is 5.07. The van der Waals surface area contributed by atoms with Crippen LogP contribution in [-0.4, -0.2) is 78.6 Å². The molecule has 0 radical (unpaired) electrons. The number of likely N-dealkylation sites (N-methyl/N-ethyl adjacent to an activating group) is 1. The Hall–Kier alpha value is -0.160. The SMILES string of the molecule is CCN1CCC(N(C)C2(CN)CC3CCC(C2)N3C)CC1. The minimum Gasteiger partial charge on any atom is -0.329 e. The normalized spacial score (nSPS) is 39.3. The highest BCUT2D eigenvalue weighted by atomic mass is 15.3. The lowest BCUT2D eigenvalue weighted by atomic mass is 9.80. The predicted molar refractivity (Wildman–Crippen MR) is 88.5 cm³/mol. The molecular weight excluding hydrogens is 260 g/mol. The Balaban J connectivity index is 1.69. The van der Waals surface area contributed by atoms with Crippen LogP contribution in [0.25, 0.3) is 0 Å². The Bertz CT molecular complexity index is 337. The molecule has 0 aliphatic carbocycles. The van der Waals surface area contributed by atoms with Crippen molar-refractivity contribution >= 4 is 0 Å². The van der Waals surface area contributed by atoms with Gasteiger partial charge in [0, 0.05) is 30.2 Å². The molecule has 4 nitrogen and oxygen atoms in total. The number of nitrogens with zero attached hydrogens (tertiary/aromatic N) is 3. The zero-order valence-corrected chi connectivity index (χ0v) is 14.2. The summed E-state index contributed by atoms with van der Waals surface area (Å²) >= 11 is 0. The van der Waals surface area contributed by atoms with Gasteiger partial charge in [0.1, 0.15) is 0 Å². The van der Waals surface area contributed by atoms with Gasteiger partial charge in [0.15, 0.2) is 0 Å². The van der Waals surface area contributed by atoms with Gasteiger partial charge >= 0.3 is 0 Å². The number of fused-ring (bicyclic) bond motifs is 2. The van der Waals surface area contributed by atoms with E-state index in [-0.39, 0.29) is 5.54 Å². The fourth-order valence-electron chi connectivity index (χ4n) is 5.15. The molecule has 4 heteroatoms. The number of likely N-dealkylation sites (tertiary alicyclic amines) is 1. The molecule has 3 aliphatic rings. The maximum atomic E-state index is 6.33. The Morgan fingerprint density at radius 3 is 2.14 bits per heavy atom. The Morgan fingerprint density at radius 1 is 1.10 bits per heavy atom. The van der Waals surface area contributed by atoms with E-state index in [2.05, 4.69) is 35.7 Å². The van der Waals surface area contributed by atoms with E-state index in [1.54, 1.807) is 0 Å². The lowest BCUT2D eigenvalue weighted by Crippen LogP contribution is -2.64. The van der Waals surface area contributed by atoms with Gasteiger partial charge < -0.3 is 15.5 Å². The van der Waals surface area contributed by atoms with E-state index < -0.39 is 0 Å². The summed E-state index contributed by atoms with van der Waals surface area (Å²) in [5.41, 5.74) is 6.59. The third kappa shape index (κ3) is 2.76. The Labute approximate surface area is 130 Å². The fourth-order valence-corrected chi connectivity index (χ4v) is 5.15. The van der Waals surface area contributed by atoms with Gasteiger partial charge in [-0.2, -0.15) is 0 Å². The molecule has 2 bridgehead atoms. The molecule has 0 aromatic heterocycles. The van der Waals surface area contributed by atoms with Crippen LogP contribution in [0.15, 0.2) is 0 Å². The van der Waals surface area contributed by atoms with Crippen molar-refractivity contribution in [2.45, 2.75) is 69.1 Å². The summed E-state index contributed by atoms with van der Waals surface area (Å²) in [6, 6.07) is 2.27. The number of rotatable bonds is 4. The van der Waals surface area contributed by atoms with Crippen molar-refractivity contribution in [3.63, 3.8) is 0 Å². The molecule has 3 fully saturated rings. The molecular formula is C17H34N4. The number of nitrogens with two attached hydrogens (primary N) is 1. The van der Waals surface area contributed by atoms with Gasteiger partial charge in [-0.15, -0.1) is 0 Å². The molecule has 3 aliphatic heterocycles. The van der Waals surface area contributed by atoms with Crippen molar-refractivity contribution in [3.8, 4) is 0 Å². The molecule has 2 unspecified atom stereocenters. The second-order valence-corrected chi connectivity index (χ2v) is 7.66. The molecule has 2 N–H and O–H groups in total. The lowest BCUT2D eigenvalue weighted by Gasteiger charge is -2.53. The lowest BCUT2D eigenvalue weighted by molar-refractivity contribution is -0.0225. The number of hydrogen-bond donors (Lipinski definition) is 1. The first kappa shape index (κ1) is 15.7. The van der Waals surface area contributed by atoms with Crippen LogP contribution in [0.1, 0.15) is 45.4 Å². The molecule has 0 amide bonds. The van der Waals surface area contributed by atoms with Gasteiger partial charge in [-0.25, -0.2) is 0 Å². The highest BCUT2D eigenvalue weighted by Gasteiger charge is 2.49. The van der Waals surface area contributed by atoms with E-state index in [1.807, 2.05) is 0 Å². The molecule has 0 aromatic rings. The van der Waals surface area contributed by atoms with Crippen LogP contribution in [-0.2, 0) is 0 Å². The zero-order valence-electron chi connectivity index (χ0n) is 14.2. The second-order valence-electron chi connectivity index (χ2n) is 7.66. The maximum Gasteiger partial charge on any atom is 0.0361 e. The minimum atomic E-state index is 0.261. The maximum absolute atomic E-state index is 6.33. The summed E-state index contributed by atoms with van der Waals surface area (Å²) < 4.78 is 0. The zero-order chi connectivity index (χ0) is 15.0. The van der Waals surface area contributed by atoms with E-state index in [0.717, 1.165) is 24.7 Å². The summed E-state index contributed by atoms with van der Waals surface area (Å²) in [7, 11) is 4.69. The standard InChI is InChI=1S/C17H34N4/c1-4-21-9-7-14(8-10-21)20(3)17(13-18)11-15-5-6-16(12-17)19(15)2/h14-16H,4-13,18H2,1-3H3. The van der Waals surface area contributed by atoms with Crippen molar-refractivity contribution in [1.29, 1.82) is 0 Å². The summed E-state index contributed by atoms with van der Waals surface area (Å²) in [6.45, 7) is 6.84. The molecule has 3 heterocycles. The predicted octanol–water partition coefficient (Wildman–Crippen LogP) is 1.36. The molecule has 0 aromatic carbocycles. The summed E-state index contributed by atoms with van der Waals surface area (Å²) in [4.78, 5) is 7.91. The molecule has 2 atom stereocenters. The first-order chi connectivity index (χ1) is 10.1. The van der Waals surface area contributed by atoms with Gasteiger partial charge in [-0.1, -0.05) is 6.92 Å². The second kappa shape index (κ2) is 6.15. The molecule has 21 heavy (non-hydrogen) atoms. The van der Waals surface area contributed by atoms with Crippen LogP contribution < -0.4 is 5.73 Å². The largest absolute Gasteiger partial charge is 0.329 e. The molecule has 3 rings (SSSR count).